The van der Waals surface area contributed by atoms with Gasteiger partial charge in [-0.15, -0.1) is 0 Å². The first-order valence-electron chi connectivity index (χ1n) is 6.37. The van der Waals surface area contributed by atoms with E-state index < -0.39 is 0 Å². The highest BCUT2D eigenvalue weighted by Gasteiger charge is 2.20. The van der Waals surface area contributed by atoms with Crippen molar-refractivity contribution in [3.63, 3.8) is 0 Å². The molecule has 1 saturated heterocycles. The lowest BCUT2D eigenvalue weighted by Gasteiger charge is -2.22. The molecule has 1 heterocycles. The van der Waals surface area contributed by atoms with Crippen molar-refractivity contribution in [1.82, 2.24) is 4.90 Å². The lowest BCUT2D eigenvalue weighted by atomic mass is 10.1. The molecule has 94 valence electrons. The van der Waals surface area contributed by atoms with E-state index in [1.54, 1.807) is 0 Å². The van der Waals surface area contributed by atoms with Crippen LogP contribution in [0.25, 0.3) is 0 Å². The summed E-state index contributed by atoms with van der Waals surface area (Å²) in [4.78, 5) is 2.44. The highest BCUT2D eigenvalue weighted by molar-refractivity contribution is 5.34. The summed E-state index contributed by atoms with van der Waals surface area (Å²) in [5, 5.41) is 0. The first-order valence-corrected chi connectivity index (χ1v) is 6.37. The van der Waals surface area contributed by atoms with Crippen molar-refractivity contribution in [2.45, 2.75) is 34.1 Å². The minimum atomic E-state index is 0.795. The first kappa shape index (κ1) is 13.8. The van der Waals surface area contributed by atoms with E-state index in [1.807, 2.05) is 6.92 Å². The Hall–Kier alpha value is -1.24. The van der Waals surface area contributed by atoms with E-state index in [2.05, 4.69) is 51.0 Å². The van der Waals surface area contributed by atoms with Gasteiger partial charge in [0, 0.05) is 18.8 Å². The normalized spacial score (nSPS) is 21.9. The fraction of sp³-hybridized carbons (Fsp3) is 0.500. The Bertz CT molecular complexity index is 371. The Morgan fingerprint density at radius 3 is 2.18 bits per heavy atom. The van der Waals surface area contributed by atoms with Crippen molar-refractivity contribution in [3.8, 4) is 0 Å². The second-order valence-electron chi connectivity index (χ2n) is 5.30. The molecular weight excluding hydrogens is 206 g/mol. The predicted octanol–water partition coefficient (Wildman–Crippen LogP) is 4.31. The van der Waals surface area contributed by atoms with Crippen molar-refractivity contribution in [3.05, 3.63) is 47.7 Å². The zero-order valence-electron chi connectivity index (χ0n) is 11.7. The smallest absolute Gasteiger partial charge is 0.0390 e. The molecule has 1 fully saturated rings. The molecule has 0 aliphatic carbocycles. The van der Waals surface area contributed by atoms with Crippen LogP contribution < -0.4 is 0 Å². The summed E-state index contributed by atoms with van der Waals surface area (Å²) in [6, 6.07) is 0. The van der Waals surface area contributed by atoms with Gasteiger partial charge in [-0.1, -0.05) is 31.7 Å². The van der Waals surface area contributed by atoms with Crippen LogP contribution >= 0.6 is 0 Å². The Morgan fingerprint density at radius 2 is 1.76 bits per heavy atom. The molecule has 0 amide bonds. The molecule has 17 heavy (non-hydrogen) atoms. The van der Waals surface area contributed by atoms with Gasteiger partial charge in [-0.05, 0) is 50.3 Å². The van der Waals surface area contributed by atoms with Gasteiger partial charge in [-0.3, -0.25) is 0 Å². The molecular formula is C16H25N. The van der Waals surface area contributed by atoms with Crippen LogP contribution in [0, 0.1) is 5.92 Å². The number of allylic oxidation sites excluding steroid dienone is 5. The predicted molar refractivity (Wildman–Crippen MR) is 76.8 cm³/mol. The van der Waals surface area contributed by atoms with Gasteiger partial charge >= 0.3 is 0 Å². The SMILES string of the molecule is C=C(C)/C(C)=C/C=C(\C(=C)C)N1CCC(C)C1. The molecule has 1 nitrogen and oxygen atoms in total. The van der Waals surface area contributed by atoms with Gasteiger partial charge in [-0.2, -0.15) is 0 Å². The molecule has 1 heteroatoms. The maximum absolute atomic E-state index is 4.09. The fourth-order valence-electron chi connectivity index (χ4n) is 2.02. The molecule has 1 aliphatic rings. The Morgan fingerprint density at radius 1 is 1.12 bits per heavy atom. The third-order valence-corrected chi connectivity index (χ3v) is 3.37. The highest BCUT2D eigenvalue weighted by atomic mass is 15.2. The summed E-state index contributed by atoms with van der Waals surface area (Å²) in [5.41, 5.74) is 4.77. The molecule has 0 radical (unpaired) electrons. The third-order valence-electron chi connectivity index (χ3n) is 3.37. The first-order chi connectivity index (χ1) is 7.91. The molecule has 0 spiro atoms. The topological polar surface area (TPSA) is 3.24 Å². The minimum Gasteiger partial charge on any atom is -0.371 e. The van der Waals surface area contributed by atoms with Gasteiger partial charge in [-0.25, -0.2) is 0 Å². The molecule has 1 rings (SSSR count). The van der Waals surface area contributed by atoms with Gasteiger partial charge < -0.3 is 4.90 Å². The second kappa shape index (κ2) is 5.90. The summed E-state index contributed by atoms with van der Waals surface area (Å²) in [7, 11) is 0. The van der Waals surface area contributed by atoms with E-state index in [-0.39, 0.29) is 0 Å². The molecule has 0 aromatic rings. The molecule has 0 N–H and O–H groups in total. The number of nitrogens with zero attached hydrogens (tertiary/aromatic N) is 1. The van der Waals surface area contributed by atoms with Crippen molar-refractivity contribution in [2.75, 3.05) is 13.1 Å². The second-order valence-corrected chi connectivity index (χ2v) is 5.30. The van der Waals surface area contributed by atoms with Crippen molar-refractivity contribution in [2.24, 2.45) is 5.92 Å². The maximum atomic E-state index is 4.09. The Kier molecular flexibility index (Phi) is 4.80. The van der Waals surface area contributed by atoms with Gasteiger partial charge in [0.2, 0.25) is 0 Å². The van der Waals surface area contributed by atoms with E-state index in [4.69, 9.17) is 0 Å². The van der Waals surface area contributed by atoms with Crippen LogP contribution in [0.2, 0.25) is 0 Å². The van der Waals surface area contributed by atoms with Crippen LogP contribution in [0.15, 0.2) is 47.7 Å². The molecule has 0 saturated carbocycles. The molecule has 0 aromatic heterocycles. The van der Waals surface area contributed by atoms with Crippen LogP contribution in [0.5, 0.6) is 0 Å². The minimum absolute atomic E-state index is 0.795. The number of rotatable bonds is 4. The maximum Gasteiger partial charge on any atom is 0.0390 e. The van der Waals surface area contributed by atoms with E-state index in [0.717, 1.165) is 30.2 Å². The third kappa shape index (κ3) is 3.92. The van der Waals surface area contributed by atoms with Crippen molar-refractivity contribution < 1.29 is 0 Å². The van der Waals surface area contributed by atoms with Gasteiger partial charge in [0.05, 0.1) is 0 Å². The van der Waals surface area contributed by atoms with Crippen LogP contribution in [-0.2, 0) is 0 Å². The zero-order chi connectivity index (χ0) is 13.0. The van der Waals surface area contributed by atoms with Crippen LogP contribution in [0.1, 0.15) is 34.1 Å². The fourth-order valence-corrected chi connectivity index (χ4v) is 2.02. The summed E-state index contributed by atoms with van der Waals surface area (Å²) in [6.45, 7) is 18.9. The molecule has 0 aromatic carbocycles. The van der Waals surface area contributed by atoms with Gasteiger partial charge in [0.25, 0.3) is 0 Å². The quantitative estimate of drug-likeness (QED) is 0.652. The van der Waals surface area contributed by atoms with E-state index in [1.165, 1.54) is 17.7 Å². The lowest BCUT2D eigenvalue weighted by Crippen LogP contribution is -2.20. The van der Waals surface area contributed by atoms with E-state index in [0.29, 0.717) is 0 Å². The summed E-state index contributed by atoms with van der Waals surface area (Å²) in [6.07, 6.45) is 5.62. The Labute approximate surface area is 106 Å². The van der Waals surface area contributed by atoms with Gasteiger partial charge in [0.1, 0.15) is 0 Å². The molecule has 1 unspecified atom stereocenters. The molecule has 1 aliphatic heterocycles. The average molecular weight is 231 g/mol. The average Bonchev–Trinajstić information content (AvgIpc) is 2.64. The largest absolute Gasteiger partial charge is 0.371 e. The van der Waals surface area contributed by atoms with Gasteiger partial charge in [0.15, 0.2) is 0 Å². The Balaban J connectivity index is 2.86. The molecule has 1 atom stereocenters. The lowest BCUT2D eigenvalue weighted by molar-refractivity contribution is 0.418. The zero-order valence-corrected chi connectivity index (χ0v) is 11.7. The van der Waals surface area contributed by atoms with Crippen molar-refractivity contribution in [1.29, 1.82) is 0 Å². The summed E-state index contributed by atoms with van der Waals surface area (Å²) < 4.78 is 0. The highest BCUT2D eigenvalue weighted by Crippen LogP contribution is 2.23. The van der Waals surface area contributed by atoms with E-state index in [9.17, 15) is 0 Å². The van der Waals surface area contributed by atoms with Crippen LogP contribution in [0.4, 0.5) is 0 Å². The summed E-state index contributed by atoms with van der Waals surface area (Å²) in [5.74, 6) is 0.795. The number of likely N-dealkylation sites (tertiary alicyclic amines) is 1. The number of hydrogen-bond acceptors (Lipinski definition) is 1. The monoisotopic (exact) mass is 231 g/mol. The number of hydrogen-bond donors (Lipinski definition) is 0. The summed E-state index contributed by atoms with van der Waals surface area (Å²) >= 11 is 0. The van der Waals surface area contributed by atoms with Crippen molar-refractivity contribution >= 4 is 0 Å². The van der Waals surface area contributed by atoms with Crippen LogP contribution in [-0.4, -0.2) is 18.0 Å². The molecule has 0 bridgehead atoms. The van der Waals surface area contributed by atoms with E-state index >= 15 is 0 Å². The van der Waals surface area contributed by atoms with Crippen LogP contribution in [0.3, 0.4) is 0 Å². The standard InChI is InChI=1S/C16H25N/c1-12(2)15(6)7-8-16(13(3)4)17-10-9-14(5)11-17/h7-8,14H,1,3,9-11H2,2,4-6H3/b15-7+,16-8+.